The normalized spacial score (nSPS) is 23.9. The summed E-state index contributed by atoms with van der Waals surface area (Å²) in [5.41, 5.74) is 7.42. The number of Topliss-reactive ketones (excluding diaryl/α,β-unsaturated/α-hetero) is 2. The standard InChI is InChI=1S/C64H88ClN9O15S2/c1-36-16-13-19-52(86-10)64(84)33-51(87-62(83)69-64)38(3)58-63(6,89-58)53(32-56(79)73(8)47-28-42(26-36)29-50(85-9)57(47)65)88-61(82)40(5)72(7)55(78)20-14-17-41-21-23-44(24-22-41)68-60(81)43(31-54(66)77)30-49(76)39(4)67-59(80)37(2)27-45(75)18-15-25-74-48(35-91-12)46(34-90-11)70-71-74/h13,16,19,21-24,28-29,37-40,43,51-53,58,84H,14-15,17-18,20,25-27,30-35H2,1-12H3,(H2,66,77)(H,67,80)(H,68,81)(H,69,83)/b19-13+,36-16+/t37-,38-,39+,40+,43+,51+,52-,53+,58+,63+,64+/m1/s1. The first-order valence-electron chi connectivity index (χ1n) is 30.3. The molecule has 498 valence electrons. The van der Waals surface area contributed by atoms with Crippen molar-refractivity contribution in [3.8, 4) is 5.75 Å². The molecule has 3 aromatic rings. The monoisotopic (exact) mass is 1320 g/mol. The highest BCUT2D eigenvalue weighted by Gasteiger charge is 2.64. The number of likely N-dealkylation sites (N-methyl/N-ethyl adjacent to an activating group) is 1. The Balaban J connectivity index is 1.03. The van der Waals surface area contributed by atoms with E-state index >= 15 is 0 Å². The van der Waals surface area contributed by atoms with Crippen molar-refractivity contribution < 1.29 is 71.9 Å². The minimum Gasteiger partial charge on any atom is -0.495 e. The lowest BCUT2D eigenvalue weighted by molar-refractivity contribution is -0.162. The lowest BCUT2D eigenvalue weighted by Gasteiger charge is -2.42. The maximum absolute atomic E-state index is 14.4. The van der Waals surface area contributed by atoms with Crippen molar-refractivity contribution in [3.63, 3.8) is 0 Å². The molecule has 2 fully saturated rings. The molecule has 4 bridgehead atoms. The lowest BCUT2D eigenvalue weighted by Crippen LogP contribution is -2.63. The maximum Gasteiger partial charge on any atom is 0.409 e. The number of ketones is 2. The number of hydrogen-bond acceptors (Lipinski definition) is 19. The van der Waals surface area contributed by atoms with Gasteiger partial charge in [-0.05, 0) is 101 Å². The second-order valence-corrected chi connectivity index (χ2v) is 26.1. The van der Waals surface area contributed by atoms with Crippen LogP contribution in [0.15, 0.2) is 60.2 Å². The third-order valence-electron chi connectivity index (χ3n) is 17.0. The van der Waals surface area contributed by atoms with Crippen LogP contribution >= 0.6 is 35.1 Å². The maximum atomic E-state index is 14.4. The minimum absolute atomic E-state index is 0.0285. The van der Waals surface area contributed by atoms with E-state index in [0.717, 1.165) is 39.6 Å². The molecular formula is C64H88ClN9O15S2. The SMILES string of the molecule is COc1cc2cc(c1Cl)N(C)C(=O)C[C@H](OC(=O)[C@H](C)N(C)C(=O)CCCc1ccc(NC(=O)[C@H](CC(N)=O)CC(=O)[C@H](C)NC(=O)[C@H](C)CC(=O)CCCn3nnc(CSC)c3CSC)cc1)[C@]1(C)O[C@H]1[C@H](C)[C@@H]1C[C@@](O)(NC(=O)O1)[C@H](OC)/C=C/C=C(\C)C2. The highest BCUT2D eigenvalue weighted by molar-refractivity contribution is 7.98. The van der Waals surface area contributed by atoms with Crippen LogP contribution in [0.1, 0.15) is 122 Å². The number of aromatic nitrogens is 3. The van der Waals surface area contributed by atoms with Crippen LogP contribution in [0.4, 0.5) is 16.2 Å². The molecule has 11 atom stereocenters. The molecule has 6 N–H and O–H groups in total. The molecule has 2 aromatic carbocycles. The number of allylic oxidation sites excluding steroid dienone is 3. The lowest BCUT2D eigenvalue weighted by atomic mass is 9.83. The summed E-state index contributed by atoms with van der Waals surface area (Å²) < 4.78 is 31.4. The molecule has 91 heavy (non-hydrogen) atoms. The molecule has 0 radical (unpaired) electrons. The zero-order valence-electron chi connectivity index (χ0n) is 54.0. The van der Waals surface area contributed by atoms with E-state index in [1.807, 2.05) is 30.2 Å². The van der Waals surface area contributed by atoms with E-state index in [1.165, 1.54) is 44.9 Å². The van der Waals surface area contributed by atoms with Crippen molar-refractivity contribution in [1.29, 1.82) is 0 Å². The molecule has 4 heterocycles. The number of aliphatic hydroxyl groups is 1. The molecule has 2 saturated heterocycles. The number of anilines is 2. The summed E-state index contributed by atoms with van der Waals surface area (Å²) in [5.74, 6) is -4.90. The first-order chi connectivity index (χ1) is 43.1. The number of nitrogens with two attached hydrogens (primary N) is 1. The number of aryl methyl sites for hydroxylation is 2. The topological polar surface area (TPSA) is 323 Å². The molecule has 6 rings (SSSR count). The number of carbonyl (C=O) groups excluding carboxylic acids is 9. The van der Waals surface area contributed by atoms with Gasteiger partial charge in [-0.2, -0.15) is 23.5 Å². The Bertz CT molecular complexity index is 3200. The number of fused-ring (bicyclic) bond motifs is 5. The number of primary amides is 1. The van der Waals surface area contributed by atoms with E-state index in [9.17, 15) is 48.3 Å². The summed E-state index contributed by atoms with van der Waals surface area (Å²) >= 11 is 10.2. The molecule has 0 unspecified atom stereocenters. The number of hydrogen-bond donors (Lipinski definition) is 5. The number of halogens is 1. The molecule has 6 amide bonds. The Hall–Kier alpha value is -6.84. The first kappa shape index (κ1) is 73.2. The van der Waals surface area contributed by atoms with Crippen molar-refractivity contribution in [1.82, 2.24) is 30.5 Å². The smallest absolute Gasteiger partial charge is 0.409 e. The predicted octanol–water partition coefficient (Wildman–Crippen LogP) is 6.82. The molecule has 24 nitrogen and oxygen atoms in total. The van der Waals surface area contributed by atoms with Crippen molar-refractivity contribution in [2.75, 3.05) is 51.0 Å². The minimum atomic E-state index is -1.89. The van der Waals surface area contributed by atoms with Gasteiger partial charge in [-0.3, -0.25) is 38.9 Å². The van der Waals surface area contributed by atoms with E-state index in [1.54, 1.807) is 99.9 Å². The van der Waals surface area contributed by atoms with E-state index in [4.69, 9.17) is 41.0 Å². The molecular weight excluding hydrogens is 1230 g/mol. The van der Waals surface area contributed by atoms with Crippen LogP contribution in [0.25, 0.3) is 0 Å². The highest BCUT2D eigenvalue weighted by atomic mass is 35.5. The van der Waals surface area contributed by atoms with Gasteiger partial charge in [-0.1, -0.05) is 66.6 Å². The summed E-state index contributed by atoms with van der Waals surface area (Å²) in [6.07, 6.45) is 5.03. The second kappa shape index (κ2) is 33.1. The van der Waals surface area contributed by atoms with Crippen molar-refractivity contribution in [2.24, 2.45) is 23.5 Å². The average Bonchev–Trinajstić information content (AvgIpc) is 1.59. The van der Waals surface area contributed by atoms with Gasteiger partial charge in [0, 0.05) is 95.3 Å². The molecule has 0 spiro atoms. The molecule has 1 aromatic heterocycles. The number of nitrogens with one attached hydrogen (secondary N) is 3. The van der Waals surface area contributed by atoms with Gasteiger partial charge in [-0.15, -0.1) is 5.10 Å². The summed E-state index contributed by atoms with van der Waals surface area (Å²) in [6, 6.07) is 8.14. The van der Waals surface area contributed by atoms with Gasteiger partial charge in [0.2, 0.25) is 29.5 Å². The Morgan fingerprint density at radius 2 is 1.69 bits per heavy atom. The average molecular weight is 1320 g/mol. The van der Waals surface area contributed by atoms with E-state index in [0.29, 0.717) is 49.4 Å². The predicted molar refractivity (Wildman–Crippen MR) is 346 cm³/mol. The van der Waals surface area contributed by atoms with Crippen LogP contribution in [-0.2, 0) is 88.2 Å². The van der Waals surface area contributed by atoms with Crippen molar-refractivity contribution >= 4 is 99.7 Å². The van der Waals surface area contributed by atoms with Crippen molar-refractivity contribution in [2.45, 2.75) is 178 Å². The Labute approximate surface area is 545 Å². The number of benzene rings is 2. The van der Waals surface area contributed by atoms with Crippen LogP contribution in [0.5, 0.6) is 5.75 Å². The van der Waals surface area contributed by atoms with Crippen molar-refractivity contribution in [3.05, 3.63) is 87.7 Å². The molecule has 27 heteroatoms. The summed E-state index contributed by atoms with van der Waals surface area (Å²) in [7, 11) is 5.89. The molecule has 3 aliphatic rings. The van der Waals surface area contributed by atoms with Crippen LogP contribution in [-0.4, -0.2) is 167 Å². The van der Waals surface area contributed by atoms with Gasteiger partial charge in [0.05, 0.1) is 48.7 Å². The third-order valence-corrected chi connectivity index (χ3v) is 18.5. The fraction of sp³-hybridized carbons (Fsp3) is 0.578. The van der Waals surface area contributed by atoms with Gasteiger partial charge >= 0.3 is 12.1 Å². The molecule has 0 saturated carbocycles. The van der Waals surface area contributed by atoms with Gasteiger partial charge in [0.25, 0.3) is 0 Å². The van der Waals surface area contributed by atoms with Crippen LogP contribution in [0, 0.1) is 17.8 Å². The summed E-state index contributed by atoms with van der Waals surface area (Å²) in [5, 5.41) is 28.5. The van der Waals surface area contributed by atoms with E-state index in [-0.39, 0.29) is 42.4 Å². The summed E-state index contributed by atoms with van der Waals surface area (Å²) in [6.45, 7) is 10.5. The van der Waals surface area contributed by atoms with Crippen LogP contribution < -0.4 is 31.3 Å². The molecule has 3 aliphatic heterocycles. The number of methoxy groups -OCH3 is 2. The van der Waals surface area contributed by atoms with Gasteiger partial charge in [-0.25, -0.2) is 14.3 Å². The van der Waals surface area contributed by atoms with Gasteiger partial charge in [0.1, 0.15) is 46.5 Å². The fourth-order valence-corrected chi connectivity index (χ4v) is 12.6. The van der Waals surface area contributed by atoms with Gasteiger partial charge in [0.15, 0.2) is 11.5 Å². The number of ether oxygens (including phenoxy) is 5. The summed E-state index contributed by atoms with van der Waals surface area (Å²) in [4.78, 5) is 123. The highest BCUT2D eigenvalue weighted by Crippen LogP contribution is 2.49. The quantitative estimate of drug-likeness (QED) is 0.0367. The number of nitrogens with zero attached hydrogens (tertiary/aromatic N) is 5. The number of carbonyl (C=O) groups is 9. The molecule has 0 aliphatic carbocycles. The number of amides is 6. The van der Waals surface area contributed by atoms with Crippen LogP contribution in [0.3, 0.4) is 0 Å². The van der Waals surface area contributed by atoms with E-state index in [2.05, 4.69) is 26.3 Å². The third kappa shape index (κ3) is 19.6. The Kier molecular flexibility index (Phi) is 26.7. The number of alkyl carbamates (subject to hydrolysis) is 1. The van der Waals surface area contributed by atoms with Gasteiger partial charge < -0.3 is 55.0 Å². The zero-order valence-corrected chi connectivity index (χ0v) is 56.4. The largest absolute Gasteiger partial charge is 0.495 e. The number of thioether (sulfide) groups is 2. The Morgan fingerprint density at radius 3 is 2.35 bits per heavy atom. The van der Waals surface area contributed by atoms with E-state index < -0.39 is 126 Å². The zero-order chi connectivity index (χ0) is 67.1. The van der Waals surface area contributed by atoms with Crippen LogP contribution in [0.2, 0.25) is 5.02 Å². The second-order valence-electron chi connectivity index (χ2n) is 24.0. The fourth-order valence-electron chi connectivity index (χ4n) is 11.2. The number of epoxide rings is 1. The Morgan fingerprint density at radius 1 is 0.989 bits per heavy atom. The number of esters is 1. The first-order valence-corrected chi connectivity index (χ1v) is 33.5. The number of rotatable bonds is 28.